The van der Waals surface area contributed by atoms with Crippen molar-refractivity contribution in [3.8, 4) is 5.75 Å². The van der Waals surface area contributed by atoms with Crippen LogP contribution in [0, 0.1) is 0 Å². The molecular formula is C17H13N3O3. The predicted octanol–water partition coefficient (Wildman–Crippen LogP) is 2.67. The third-order valence-corrected chi connectivity index (χ3v) is 3.88. The van der Waals surface area contributed by atoms with Crippen molar-refractivity contribution in [1.29, 1.82) is 0 Å². The Morgan fingerprint density at radius 3 is 3.00 bits per heavy atom. The van der Waals surface area contributed by atoms with E-state index in [-0.39, 0.29) is 5.91 Å². The quantitative estimate of drug-likeness (QED) is 0.563. The van der Waals surface area contributed by atoms with E-state index < -0.39 is 5.97 Å². The van der Waals surface area contributed by atoms with Crippen LogP contribution < -0.4 is 10.1 Å². The molecule has 0 fully saturated rings. The van der Waals surface area contributed by atoms with Gasteiger partial charge in [0.05, 0.1) is 17.3 Å². The molecule has 6 heteroatoms. The van der Waals surface area contributed by atoms with E-state index in [9.17, 15) is 9.59 Å². The van der Waals surface area contributed by atoms with Crippen LogP contribution in [-0.2, 0) is 11.2 Å². The van der Waals surface area contributed by atoms with Gasteiger partial charge in [0.25, 0.3) is 0 Å². The highest BCUT2D eigenvalue weighted by atomic mass is 16.5. The number of aryl methyl sites for hydroxylation is 1. The van der Waals surface area contributed by atoms with Crippen LogP contribution >= 0.6 is 0 Å². The zero-order valence-electron chi connectivity index (χ0n) is 12.1. The second kappa shape index (κ2) is 5.24. The molecule has 1 aliphatic rings. The number of hydrogen-bond acceptors (Lipinski definition) is 4. The predicted molar refractivity (Wildman–Crippen MR) is 84.4 cm³/mol. The molecule has 1 aliphatic heterocycles. The number of anilines is 1. The van der Waals surface area contributed by atoms with Crippen LogP contribution in [-0.4, -0.2) is 22.1 Å². The smallest absolute Gasteiger partial charge is 0.345 e. The molecule has 0 radical (unpaired) electrons. The second-order valence-electron chi connectivity index (χ2n) is 5.40. The fourth-order valence-electron chi connectivity index (χ4n) is 2.72. The van der Waals surface area contributed by atoms with Gasteiger partial charge in [0, 0.05) is 23.6 Å². The van der Waals surface area contributed by atoms with E-state index >= 15 is 0 Å². The highest BCUT2D eigenvalue weighted by molar-refractivity contribution is 6.03. The Morgan fingerprint density at radius 2 is 2.09 bits per heavy atom. The van der Waals surface area contributed by atoms with Gasteiger partial charge in [-0.1, -0.05) is 18.2 Å². The molecule has 0 spiro atoms. The monoisotopic (exact) mass is 307 g/mol. The van der Waals surface area contributed by atoms with Gasteiger partial charge in [0.2, 0.25) is 5.91 Å². The van der Waals surface area contributed by atoms with Gasteiger partial charge in [-0.15, -0.1) is 0 Å². The molecule has 3 aromatic rings. The molecule has 0 atom stereocenters. The van der Waals surface area contributed by atoms with E-state index in [0.717, 1.165) is 10.9 Å². The highest BCUT2D eigenvalue weighted by Gasteiger charge is 2.17. The van der Waals surface area contributed by atoms with Crippen LogP contribution in [0.3, 0.4) is 0 Å². The molecule has 0 unspecified atom stereocenters. The van der Waals surface area contributed by atoms with Gasteiger partial charge in [-0.3, -0.25) is 9.89 Å². The maximum Gasteiger partial charge on any atom is 0.345 e. The number of rotatable bonds is 2. The maximum atomic E-state index is 12.4. The van der Waals surface area contributed by atoms with Crippen molar-refractivity contribution in [3.05, 3.63) is 53.7 Å². The largest absolute Gasteiger partial charge is 0.423 e. The minimum atomic E-state index is -0.470. The summed E-state index contributed by atoms with van der Waals surface area (Å²) in [5.41, 5.74) is 2.80. The molecule has 0 saturated heterocycles. The summed E-state index contributed by atoms with van der Waals surface area (Å²) in [6.07, 6.45) is 2.83. The summed E-state index contributed by atoms with van der Waals surface area (Å²) < 4.78 is 5.44. The lowest BCUT2D eigenvalue weighted by molar-refractivity contribution is -0.116. The molecule has 0 bridgehead atoms. The number of nitrogens with one attached hydrogen (secondary N) is 2. The zero-order valence-corrected chi connectivity index (χ0v) is 12.1. The first kappa shape index (κ1) is 13.5. The molecule has 1 amide bonds. The van der Waals surface area contributed by atoms with E-state index in [0.29, 0.717) is 35.4 Å². The Hall–Kier alpha value is -3.15. The number of carbonyl (C=O) groups excluding carboxylic acids is 2. The van der Waals surface area contributed by atoms with E-state index in [2.05, 4.69) is 15.5 Å². The summed E-state index contributed by atoms with van der Waals surface area (Å²) in [6, 6.07) is 10.6. The molecule has 0 aliphatic carbocycles. The lowest BCUT2D eigenvalue weighted by Gasteiger charge is -2.17. The van der Waals surface area contributed by atoms with Crippen molar-refractivity contribution in [3.63, 3.8) is 0 Å². The van der Waals surface area contributed by atoms with Crippen LogP contribution in [0.5, 0.6) is 5.75 Å². The number of amides is 1. The topological polar surface area (TPSA) is 84.1 Å². The number of carbonyl (C=O) groups is 2. The first-order chi connectivity index (χ1) is 11.2. The number of esters is 1. The fourth-order valence-corrected chi connectivity index (χ4v) is 2.72. The number of aromatic nitrogens is 2. The summed E-state index contributed by atoms with van der Waals surface area (Å²) in [5.74, 6) is -0.0994. The van der Waals surface area contributed by atoms with Crippen LogP contribution in [0.25, 0.3) is 10.9 Å². The van der Waals surface area contributed by atoms with Crippen LogP contribution in [0.4, 0.5) is 5.69 Å². The molecule has 2 aromatic carbocycles. The SMILES string of the molecule is O=C1CCc2ccc(OC(=O)c3cccc4cn[nH]c34)cc2N1. The molecule has 6 nitrogen and oxygen atoms in total. The number of aromatic amines is 1. The van der Waals surface area contributed by atoms with Crippen molar-refractivity contribution in [2.24, 2.45) is 0 Å². The van der Waals surface area contributed by atoms with Gasteiger partial charge >= 0.3 is 5.97 Å². The van der Waals surface area contributed by atoms with Crippen molar-refractivity contribution in [1.82, 2.24) is 10.2 Å². The van der Waals surface area contributed by atoms with Gasteiger partial charge in [-0.25, -0.2) is 4.79 Å². The van der Waals surface area contributed by atoms with E-state index in [1.54, 1.807) is 30.5 Å². The van der Waals surface area contributed by atoms with Crippen molar-refractivity contribution >= 4 is 28.5 Å². The van der Waals surface area contributed by atoms with Gasteiger partial charge < -0.3 is 10.1 Å². The normalized spacial score (nSPS) is 13.5. The second-order valence-corrected chi connectivity index (χ2v) is 5.40. The third kappa shape index (κ3) is 2.44. The molecule has 2 N–H and O–H groups in total. The lowest BCUT2D eigenvalue weighted by Crippen LogP contribution is -2.19. The number of nitrogens with zero attached hydrogens (tertiary/aromatic N) is 1. The third-order valence-electron chi connectivity index (χ3n) is 3.88. The number of hydrogen-bond donors (Lipinski definition) is 2. The Labute approximate surface area is 131 Å². The highest BCUT2D eigenvalue weighted by Crippen LogP contribution is 2.28. The Bertz CT molecular complexity index is 930. The molecule has 1 aromatic heterocycles. The van der Waals surface area contributed by atoms with E-state index in [1.807, 2.05) is 12.1 Å². The first-order valence-electron chi connectivity index (χ1n) is 7.28. The molecule has 23 heavy (non-hydrogen) atoms. The summed E-state index contributed by atoms with van der Waals surface area (Å²) in [7, 11) is 0. The van der Waals surface area contributed by atoms with Crippen molar-refractivity contribution < 1.29 is 14.3 Å². The lowest BCUT2D eigenvalue weighted by atomic mass is 10.0. The number of para-hydroxylation sites is 1. The molecular weight excluding hydrogens is 294 g/mol. The number of ether oxygens (including phenoxy) is 1. The minimum Gasteiger partial charge on any atom is -0.423 e. The zero-order chi connectivity index (χ0) is 15.8. The molecule has 4 rings (SSSR count). The summed E-state index contributed by atoms with van der Waals surface area (Å²) >= 11 is 0. The van der Waals surface area contributed by atoms with Crippen molar-refractivity contribution in [2.75, 3.05) is 5.32 Å². The van der Waals surface area contributed by atoms with Crippen LogP contribution in [0.15, 0.2) is 42.6 Å². The molecule has 0 saturated carbocycles. The van der Waals surface area contributed by atoms with Gasteiger partial charge in [0.1, 0.15) is 5.75 Å². The molecule has 114 valence electrons. The summed E-state index contributed by atoms with van der Waals surface area (Å²) in [6.45, 7) is 0. The number of fused-ring (bicyclic) bond motifs is 2. The first-order valence-corrected chi connectivity index (χ1v) is 7.28. The van der Waals surface area contributed by atoms with Crippen LogP contribution in [0.2, 0.25) is 0 Å². The van der Waals surface area contributed by atoms with E-state index in [1.165, 1.54) is 0 Å². The standard InChI is InChI=1S/C17H13N3O3/c21-15-7-5-10-4-6-12(8-14(10)19-15)23-17(22)13-3-1-2-11-9-18-20-16(11)13/h1-4,6,8-9H,5,7H2,(H,18,20)(H,19,21). The summed E-state index contributed by atoms with van der Waals surface area (Å²) in [4.78, 5) is 23.9. The molecule has 2 heterocycles. The van der Waals surface area contributed by atoms with Crippen molar-refractivity contribution in [2.45, 2.75) is 12.8 Å². The summed E-state index contributed by atoms with van der Waals surface area (Å²) in [5, 5.41) is 10.4. The average Bonchev–Trinajstić information content (AvgIpc) is 3.02. The van der Waals surface area contributed by atoms with Crippen LogP contribution in [0.1, 0.15) is 22.3 Å². The average molecular weight is 307 g/mol. The fraction of sp³-hybridized carbons (Fsp3) is 0.118. The maximum absolute atomic E-state index is 12.4. The Kier molecular flexibility index (Phi) is 3.08. The van der Waals surface area contributed by atoms with Gasteiger partial charge in [-0.05, 0) is 24.1 Å². The van der Waals surface area contributed by atoms with E-state index in [4.69, 9.17) is 4.74 Å². The van der Waals surface area contributed by atoms with Gasteiger partial charge in [-0.2, -0.15) is 5.10 Å². The Balaban J connectivity index is 1.63. The number of benzene rings is 2. The minimum absolute atomic E-state index is 0.0248. The Morgan fingerprint density at radius 1 is 1.17 bits per heavy atom. The van der Waals surface area contributed by atoms with Gasteiger partial charge in [0.15, 0.2) is 0 Å². The number of H-pyrrole nitrogens is 1.